The summed E-state index contributed by atoms with van der Waals surface area (Å²) in [7, 11) is 0. The second-order valence-electron chi connectivity index (χ2n) is 3.06. The van der Waals surface area contributed by atoms with Gasteiger partial charge in [0, 0.05) is 17.3 Å². The maximum absolute atomic E-state index is 11.9. The van der Waals surface area contributed by atoms with E-state index in [2.05, 4.69) is 4.98 Å². The van der Waals surface area contributed by atoms with Crippen LogP contribution in [0.5, 0.6) is 0 Å². The Bertz CT molecular complexity index is 474. The maximum Gasteiger partial charge on any atom is 0.194 e. The number of nitrogens with zero attached hydrogens (tertiary/aromatic N) is 1. The SMILES string of the molecule is Cl.O=C(c1ccccc1)c1ccc(Cl)nc1.[AlH3]. The van der Waals surface area contributed by atoms with Crippen LogP contribution in [0.3, 0.4) is 0 Å². The Balaban J connectivity index is 0.00000128. The van der Waals surface area contributed by atoms with E-state index in [4.69, 9.17) is 11.6 Å². The van der Waals surface area contributed by atoms with Gasteiger partial charge in [0.2, 0.25) is 0 Å². The summed E-state index contributed by atoms with van der Waals surface area (Å²) in [4.78, 5) is 15.7. The summed E-state index contributed by atoms with van der Waals surface area (Å²) in [6.07, 6.45) is 1.48. The quantitative estimate of drug-likeness (QED) is 0.481. The number of benzene rings is 1. The fourth-order valence-corrected chi connectivity index (χ4v) is 1.38. The van der Waals surface area contributed by atoms with Crippen molar-refractivity contribution < 1.29 is 4.79 Å². The lowest BCUT2D eigenvalue weighted by atomic mass is 10.1. The summed E-state index contributed by atoms with van der Waals surface area (Å²) in [5.74, 6) is -0.0419. The van der Waals surface area contributed by atoms with E-state index in [9.17, 15) is 4.79 Å². The molecule has 1 aromatic heterocycles. The van der Waals surface area contributed by atoms with Gasteiger partial charge in [0.25, 0.3) is 0 Å². The molecule has 0 bridgehead atoms. The van der Waals surface area contributed by atoms with Crippen LogP contribution in [0, 0.1) is 0 Å². The summed E-state index contributed by atoms with van der Waals surface area (Å²) in [6, 6.07) is 12.4. The molecule has 2 nitrogen and oxygen atoms in total. The van der Waals surface area contributed by atoms with E-state index >= 15 is 0 Å². The van der Waals surface area contributed by atoms with Gasteiger partial charge in [-0.25, -0.2) is 4.98 Å². The minimum atomic E-state index is -0.0419. The van der Waals surface area contributed by atoms with Gasteiger partial charge in [0.15, 0.2) is 23.1 Å². The van der Waals surface area contributed by atoms with E-state index in [0.717, 1.165) is 0 Å². The minimum absolute atomic E-state index is 0. The van der Waals surface area contributed by atoms with Crippen LogP contribution in [0.1, 0.15) is 15.9 Å². The van der Waals surface area contributed by atoms with E-state index in [1.54, 1.807) is 24.3 Å². The smallest absolute Gasteiger partial charge is 0.194 e. The lowest BCUT2D eigenvalue weighted by molar-refractivity contribution is 0.103. The van der Waals surface area contributed by atoms with Gasteiger partial charge in [-0.15, -0.1) is 12.4 Å². The molecule has 0 aliphatic rings. The molecule has 1 aromatic carbocycles. The number of carbonyl (C=O) groups is 1. The monoisotopic (exact) mass is 283 g/mol. The molecule has 2 aromatic rings. The van der Waals surface area contributed by atoms with Gasteiger partial charge in [-0.1, -0.05) is 41.9 Å². The molecule has 0 N–H and O–H groups in total. The molecule has 0 radical (unpaired) electrons. The number of rotatable bonds is 2. The molecule has 0 aliphatic heterocycles. The summed E-state index contributed by atoms with van der Waals surface area (Å²) < 4.78 is 0. The van der Waals surface area contributed by atoms with Crippen LogP contribution >= 0.6 is 24.0 Å². The van der Waals surface area contributed by atoms with Gasteiger partial charge in [-0.2, -0.15) is 0 Å². The number of pyridine rings is 1. The molecule has 0 saturated carbocycles. The number of aromatic nitrogens is 1. The first-order valence-electron chi connectivity index (χ1n) is 4.48. The number of hydrogen-bond donors (Lipinski definition) is 0. The van der Waals surface area contributed by atoms with Crippen LogP contribution < -0.4 is 0 Å². The third kappa shape index (κ3) is 4.14. The molecular formula is C12H12AlCl2NO. The number of hydrogen-bond acceptors (Lipinski definition) is 2. The van der Waals surface area contributed by atoms with Gasteiger partial charge in [0.1, 0.15) is 5.15 Å². The van der Waals surface area contributed by atoms with Crippen LogP contribution in [0.15, 0.2) is 48.7 Å². The predicted octanol–water partition coefficient (Wildman–Crippen LogP) is 2.20. The van der Waals surface area contributed by atoms with Gasteiger partial charge in [-0.3, -0.25) is 4.79 Å². The molecule has 1 heterocycles. The molecule has 0 unspecified atom stereocenters. The third-order valence-corrected chi connectivity index (χ3v) is 2.25. The molecule has 0 fully saturated rings. The highest BCUT2D eigenvalue weighted by atomic mass is 35.5. The zero-order valence-corrected chi connectivity index (χ0v) is 9.83. The van der Waals surface area contributed by atoms with Crippen molar-refractivity contribution in [3.8, 4) is 0 Å². The molecule has 0 aliphatic carbocycles. The van der Waals surface area contributed by atoms with Crippen molar-refractivity contribution in [3.05, 3.63) is 64.9 Å². The lowest BCUT2D eigenvalue weighted by Gasteiger charge is -1.99. The molecule has 5 heteroatoms. The van der Waals surface area contributed by atoms with Crippen molar-refractivity contribution in [2.45, 2.75) is 0 Å². The fraction of sp³-hybridized carbons (Fsp3) is 0. The van der Waals surface area contributed by atoms with Gasteiger partial charge >= 0.3 is 0 Å². The molecular weight excluding hydrogens is 272 g/mol. The Kier molecular flexibility index (Phi) is 7.10. The van der Waals surface area contributed by atoms with Crippen LogP contribution in [-0.2, 0) is 0 Å². The van der Waals surface area contributed by atoms with Crippen molar-refractivity contribution in [2.75, 3.05) is 0 Å². The molecule has 0 atom stereocenters. The van der Waals surface area contributed by atoms with E-state index in [0.29, 0.717) is 16.3 Å². The molecule has 88 valence electrons. The first kappa shape index (κ1) is 16.2. The van der Waals surface area contributed by atoms with Crippen LogP contribution in [0.4, 0.5) is 0 Å². The largest absolute Gasteiger partial charge is 0.289 e. The van der Waals surface area contributed by atoms with Gasteiger partial charge in [0.05, 0.1) is 0 Å². The normalized spacial score (nSPS) is 8.76. The first-order valence-corrected chi connectivity index (χ1v) is 4.86. The van der Waals surface area contributed by atoms with Gasteiger partial charge in [-0.05, 0) is 12.1 Å². The van der Waals surface area contributed by atoms with Crippen molar-refractivity contribution in [2.24, 2.45) is 0 Å². The zero-order valence-electron chi connectivity index (χ0n) is 8.26. The Morgan fingerprint density at radius 3 is 2.18 bits per heavy atom. The number of carbonyl (C=O) groups excluding carboxylic acids is 1. The van der Waals surface area contributed by atoms with Crippen LogP contribution in [0.2, 0.25) is 5.15 Å². The average molecular weight is 284 g/mol. The predicted molar refractivity (Wildman–Crippen MR) is 76.3 cm³/mol. The summed E-state index contributed by atoms with van der Waals surface area (Å²) >= 11 is 5.64. The minimum Gasteiger partial charge on any atom is -0.289 e. The Labute approximate surface area is 122 Å². The highest BCUT2D eigenvalue weighted by Gasteiger charge is 2.07. The fourth-order valence-electron chi connectivity index (χ4n) is 1.27. The number of halogens is 2. The Morgan fingerprint density at radius 1 is 1.00 bits per heavy atom. The Morgan fingerprint density at radius 2 is 1.65 bits per heavy atom. The topological polar surface area (TPSA) is 30.0 Å². The van der Waals surface area contributed by atoms with Crippen molar-refractivity contribution in [1.29, 1.82) is 0 Å². The highest BCUT2D eigenvalue weighted by Crippen LogP contribution is 2.10. The van der Waals surface area contributed by atoms with Crippen molar-refractivity contribution in [1.82, 2.24) is 4.98 Å². The van der Waals surface area contributed by atoms with Crippen LogP contribution in [0.25, 0.3) is 0 Å². The summed E-state index contributed by atoms with van der Waals surface area (Å²) in [6.45, 7) is 0. The van der Waals surface area contributed by atoms with E-state index < -0.39 is 0 Å². The van der Waals surface area contributed by atoms with E-state index in [-0.39, 0.29) is 35.6 Å². The van der Waals surface area contributed by atoms with E-state index in [1.807, 2.05) is 18.2 Å². The van der Waals surface area contributed by atoms with Crippen molar-refractivity contribution in [3.63, 3.8) is 0 Å². The first-order chi connectivity index (χ1) is 7.27. The standard InChI is InChI=1S/C12H8ClNO.Al.ClH.3H/c13-11-7-6-10(8-14-11)12(15)9-4-2-1-3-5-9;;;;;/h1-8H;;1H;;;. The molecule has 0 saturated heterocycles. The van der Waals surface area contributed by atoms with Gasteiger partial charge < -0.3 is 0 Å². The molecule has 0 spiro atoms. The zero-order chi connectivity index (χ0) is 10.7. The Hall–Kier alpha value is -0.848. The third-order valence-electron chi connectivity index (χ3n) is 2.03. The molecule has 17 heavy (non-hydrogen) atoms. The highest BCUT2D eigenvalue weighted by molar-refractivity contribution is 6.29. The average Bonchev–Trinajstić information content (AvgIpc) is 2.30. The second-order valence-corrected chi connectivity index (χ2v) is 3.45. The molecule has 0 amide bonds. The molecule has 2 rings (SSSR count). The lowest BCUT2D eigenvalue weighted by Crippen LogP contribution is -2.01. The van der Waals surface area contributed by atoms with Crippen molar-refractivity contribution >= 4 is 47.2 Å². The summed E-state index contributed by atoms with van der Waals surface area (Å²) in [5, 5.41) is 0.389. The maximum atomic E-state index is 11.9. The van der Waals surface area contributed by atoms with Crippen LogP contribution in [-0.4, -0.2) is 28.1 Å². The van der Waals surface area contributed by atoms with E-state index in [1.165, 1.54) is 6.20 Å². The second kappa shape index (κ2) is 7.47. The number of ketones is 1. The summed E-state index contributed by atoms with van der Waals surface area (Å²) in [5.41, 5.74) is 1.20.